The van der Waals surface area contributed by atoms with Gasteiger partial charge in [0.05, 0.1) is 0 Å². The van der Waals surface area contributed by atoms with Crippen molar-refractivity contribution in [2.75, 3.05) is 6.54 Å². The summed E-state index contributed by atoms with van der Waals surface area (Å²) >= 11 is 0. The van der Waals surface area contributed by atoms with E-state index in [9.17, 15) is 9.18 Å². The largest absolute Gasteiger partial charge is 0.366 e. The normalized spacial score (nSPS) is 22.7. The second-order valence-electron chi connectivity index (χ2n) is 5.94. The Balaban J connectivity index is 1.83. The van der Waals surface area contributed by atoms with Gasteiger partial charge in [0.25, 0.3) is 0 Å². The minimum atomic E-state index is -0.598. The summed E-state index contributed by atoms with van der Waals surface area (Å²) in [5.41, 5.74) is 5.92. The van der Waals surface area contributed by atoms with Crippen LogP contribution in [0.4, 0.5) is 4.39 Å². The van der Waals surface area contributed by atoms with Gasteiger partial charge in [0.15, 0.2) is 0 Å². The maximum atomic E-state index is 13.8. The Hall–Kier alpha value is -1.42. The van der Waals surface area contributed by atoms with Crippen molar-refractivity contribution in [3.63, 3.8) is 0 Å². The van der Waals surface area contributed by atoms with Gasteiger partial charge in [-0.15, -0.1) is 0 Å². The molecule has 110 valence electrons. The lowest BCUT2D eigenvalue weighted by molar-refractivity contribution is 0.1000. The highest BCUT2D eigenvalue weighted by molar-refractivity contribution is 5.92. The van der Waals surface area contributed by atoms with Crippen LogP contribution in [0.3, 0.4) is 0 Å². The van der Waals surface area contributed by atoms with E-state index in [4.69, 9.17) is 5.73 Å². The first-order valence-corrected chi connectivity index (χ1v) is 7.35. The van der Waals surface area contributed by atoms with Crippen LogP contribution >= 0.6 is 0 Å². The molecule has 2 atom stereocenters. The fourth-order valence-corrected chi connectivity index (χ4v) is 3.00. The molecule has 0 radical (unpaired) electrons. The van der Waals surface area contributed by atoms with Crippen molar-refractivity contribution in [2.45, 2.75) is 39.2 Å². The Kier molecular flexibility index (Phi) is 5.12. The predicted octanol–water partition coefficient (Wildman–Crippen LogP) is 2.84. The minimum absolute atomic E-state index is 0.215. The lowest BCUT2D eigenvalue weighted by atomic mass is 9.82. The monoisotopic (exact) mass is 278 g/mol. The van der Waals surface area contributed by atoms with Gasteiger partial charge in [0.2, 0.25) is 5.91 Å². The topological polar surface area (TPSA) is 55.1 Å². The van der Waals surface area contributed by atoms with Crippen molar-refractivity contribution in [3.8, 4) is 0 Å². The van der Waals surface area contributed by atoms with E-state index >= 15 is 0 Å². The summed E-state index contributed by atoms with van der Waals surface area (Å²) in [5, 5.41) is 3.33. The number of amides is 1. The fourth-order valence-electron chi connectivity index (χ4n) is 3.00. The molecular formula is C16H23FN2O. The third-order valence-corrected chi connectivity index (χ3v) is 4.13. The van der Waals surface area contributed by atoms with Crippen molar-refractivity contribution in [2.24, 2.45) is 17.6 Å². The van der Waals surface area contributed by atoms with Crippen LogP contribution in [0.2, 0.25) is 0 Å². The van der Waals surface area contributed by atoms with Gasteiger partial charge in [-0.2, -0.15) is 0 Å². The van der Waals surface area contributed by atoms with Gasteiger partial charge in [-0.1, -0.05) is 25.8 Å². The number of hydrogen-bond donors (Lipinski definition) is 2. The maximum Gasteiger partial charge on any atom is 0.248 e. The molecule has 4 heteroatoms. The molecule has 0 aromatic heterocycles. The summed E-state index contributed by atoms with van der Waals surface area (Å²) in [6, 6.07) is 4.42. The lowest BCUT2D eigenvalue weighted by Gasteiger charge is -2.26. The molecule has 2 unspecified atom stereocenters. The van der Waals surface area contributed by atoms with Crippen LogP contribution < -0.4 is 11.1 Å². The molecule has 1 aromatic carbocycles. The molecule has 1 aliphatic carbocycles. The zero-order chi connectivity index (χ0) is 14.5. The Morgan fingerprint density at radius 3 is 2.90 bits per heavy atom. The summed E-state index contributed by atoms with van der Waals surface area (Å²) in [5.74, 6) is 0.541. The van der Waals surface area contributed by atoms with Crippen LogP contribution in [-0.4, -0.2) is 12.5 Å². The molecule has 3 nitrogen and oxygen atoms in total. The molecule has 0 heterocycles. The van der Waals surface area contributed by atoms with Crippen LogP contribution in [0, 0.1) is 17.7 Å². The second-order valence-corrected chi connectivity index (χ2v) is 5.94. The van der Waals surface area contributed by atoms with Gasteiger partial charge in [0.1, 0.15) is 5.82 Å². The Bertz CT molecular complexity index is 476. The summed E-state index contributed by atoms with van der Waals surface area (Å²) in [7, 11) is 0. The number of rotatable bonds is 5. The summed E-state index contributed by atoms with van der Waals surface area (Å²) in [6.45, 7) is 3.73. The van der Waals surface area contributed by atoms with Crippen LogP contribution in [-0.2, 0) is 6.54 Å². The molecule has 20 heavy (non-hydrogen) atoms. The van der Waals surface area contributed by atoms with Crippen LogP contribution in [0.1, 0.15) is 48.5 Å². The number of primary amides is 1. The number of carbonyl (C=O) groups is 1. The average Bonchev–Trinajstić information content (AvgIpc) is 2.40. The number of hydrogen-bond acceptors (Lipinski definition) is 2. The first-order valence-electron chi connectivity index (χ1n) is 7.35. The molecule has 3 N–H and O–H groups in total. The van der Waals surface area contributed by atoms with Crippen molar-refractivity contribution >= 4 is 5.91 Å². The quantitative estimate of drug-likeness (QED) is 0.870. The Morgan fingerprint density at radius 2 is 2.25 bits per heavy atom. The fraction of sp³-hybridized carbons (Fsp3) is 0.562. The third kappa shape index (κ3) is 4.04. The molecule has 1 saturated carbocycles. The standard InChI is InChI=1S/C16H23FN2O/c1-11-3-2-4-12(7-11)9-19-10-14-6-5-13(16(18)20)8-15(14)17/h5-6,8,11-12,19H,2-4,7,9-10H2,1H3,(H2,18,20). The van der Waals surface area contributed by atoms with Crippen LogP contribution in [0.5, 0.6) is 0 Å². The van der Waals surface area contributed by atoms with Gasteiger partial charge in [-0.3, -0.25) is 4.79 Å². The Labute approximate surface area is 119 Å². The van der Waals surface area contributed by atoms with E-state index in [1.54, 1.807) is 12.1 Å². The number of benzene rings is 1. The van der Waals surface area contributed by atoms with Crippen LogP contribution in [0.15, 0.2) is 18.2 Å². The smallest absolute Gasteiger partial charge is 0.248 e. The van der Waals surface area contributed by atoms with Crippen molar-refractivity contribution < 1.29 is 9.18 Å². The van der Waals surface area contributed by atoms with E-state index < -0.39 is 5.91 Å². The van der Waals surface area contributed by atoms with Gasteiger partial charge in [-0.25, -0.2) is 4.39 Å². The first-order chi connectivity index (χ1) is 9.56. The van der Waals surface area contributed by atoms with Crippen LogP contribution in [0.25, 0.3) is 0 Å². The van der Waals surface area contributed by atoms with Gasteiger partial charge >= 0.3 is 0 Å². The number of nitrogens with two attached hydrogens (primary N) is 1. The first kappa shape index (κ1) is 15.0. The van der Waals surface area contributed by atoms with E-state index in [-0.39, 0.29) is 11.4 Å². The molecule has 1 aliphatic rings. The van der Waals surface area contributed by atoms with E-state index in [1.807, 2.05) is 0 Å². The molecule has 0 aliphatic heterocycles. The minimum Gasteiger partial charge on any atom is -0.366 e. The zero-order valence-corrected chi connectivity index (χ0v) is 12.0. The average molecular weight is 278 g/mol. The highest BCUT2D eigenvalue weighted by Crippen LogP contribution is 2.27. The molecule has 0 spiro atoms. The molecule has 0 saturated heterocycles. The zero-order valence-electron chi connectivity index (χ0n) is 12.0. The lowest BCUT2D eigenvalue weighted by Crippen LogP contribution is -2.26. The van der Waals surface area contributed by atoms with Crippen molar-refractivity contribution in [1.29, 1.82) is 0 Å². The van der Waals surface area contributed by atoms with Gasteiger partial charge in [-0.05, 0) is 43.4 Å². The predicted molar refractivity (Wildman–Crippen MR) is 77.7 cm³/mol. The Morgan fingerprint density at radius 1 is 1.45 bits per heavy atom. The molecule has 1 aromatic rings. The third-order valence-electron chi connectivity index (χ3n) is 4.13. The highest BCUT2D eigenvalue weighted by Gasteiger charge is 2.18. The van der Waals surface area contributed by atoms with E-state index in [1.165, 1.54) is 31.7 Å². The summed E-state index contributed by atoms with van der Waals surface area (Å²) in [4.78, 5) is 11.0. The highest BCUT2D eigenvalue weighted by atomic mass is 19.1. The van der Waals surface area contributed by atoms with Gasteiger partial charge < -0.3 is 11.1 Å². The van der Waals surface area contributed by atoms with E-state index in [0.717, 1.165) is 12.5 Å². The number of carbonyl (C=O) groups excluding carboxylic acids is 1. The summed E-state index contributed by atoms with van der Waals surface area (Å²) in [6.07, 6.45) is 5.16. The maximum absolute atomic E-state index is 13.8. The second kappa shape index (κ2) is 6.84. The number of halogens is 1. The molecule has 0 bridgehead atoms. The van der Waals surface area contributed by atoms with E-state index in [0.29, 0.717) is 18.0 Å². The van der Waals surface area contributed by atoms with Crippen molar-refractivity contribution in [3.05, 3.63) is 35.1 Å². The van der Waals surface area contributed by atoms with Gasteiger partial charge in [0, 0.05) is 17.7 Å². The van der Waals surface area contributed by atoms with E-state index in [2.05, 4.69) is 12.2 Å². The number of nitrogens with one attached hydrogen (secondary N) is 1. The molecular weight excluding hydrogens is 255 g/mol. The van der Waals surface area contributed by atoms with Crippen molar-refractivity contribution in [1.82, 2.24) is 5.32 Å². The molecule has 1 amide bonds. The SMILES string of the molecule is CC1CCCC(CNCc2ccc(C(N)=O)cc2F)C1. The summed E-state index contributed by atoms with van der Waals surface area (Å²) < 4.78 is 13.8. The molecule has 1 fully saturated rings. The molecule has 2 rings (SSSR count).